The molecule has 7 N–H and O–H groups in total. The standard InChI is InChI=1S/C43H64N6O7/c1-6-12-33(37(52)41(55)44-30-19-20-30)46-35(51)22-18-26-13-10-11-16-31(26)47-42(56)38(43(3,4)5)49-40(54)36(27-14-8-7-9-15-27)48-39(53)34-24-29-23-28(25(2)50)17-21-32(29)45-34/h17,21,23-24,26-27,30-31,33,36-38,45,52H,6-16,18-20,22H2,1-5H3,(H,44,55)(H,46,51)(H,47,56)(H,48,53)(H,49,54)/t26-,31-,33-,36-,37?,38?/m0/s1. The van der Waals surface area contributed by atoms with Gasteiger partial charge in [0, 0.05) is 35.0 Å². The normalized spacial score (nSPS) is 21.2. The molecule has 1 aromatic carbocycles. The first kappa shape index (κ1) is 42.9. The maximum absolute atomic E-state index is 14.2. The number of carbonyl (C=O) groups is 6. The molecule has 3 aliphatic carbocycles. The number of carbonyl (C=O) groups excluding carboxylic acids is 6. The number of Topliss-reactive ketones (excluding diaryl/α,β-unsaturated/α-hetero) is 1. The smallest absolute Gasteiger partial charge is 0.268 e. The van der Waals surface area contributed by atoms with Crippen LogP contribution in [-0.2, 0) is 19.2 Å². The summed E-state index contributed by atoms with van der Waals surface area (Å²) in [5.41, 5.74) is 0.879. The van der Waals surface area contributed by atoms with Crippen LogP contribution in [0.1, 0.15) is 152 Å². The van der Waals surface area contributed by atoms with E-state index in [2.05, 4.69) is 31.6 Å². The minimum atomic E-state index is -1.31. The van der Waals surface area contributed by atoms with E-state index < -0.39 is 47.4 Å². The van der Waals surface area contributed by atoms with Gasteiger partial charge in [-0.3, -0.25) is 28.8 Å². The van der Waals surface area contributed by atoms with Crippen molar-refractivity contribution < 1.29 is 33.9 Å². The summed E-state index contributed by atoms with van der Waals surface area (Å²) in [5.74, 6) is -1.94. The van der Waals surface area contributed by atoms with Crippen LogP contribution >= 0.6 is 0 Å². The first-order valence-corrected chi connectivity index (χ1v) is 21.0. The number of H-pyrrole nitrogens is 1. The number of hydrogen-bond donors (Lipinski definition) is 7. The van der Waals surface area contributed by atoms with Crippen molar-refractivity contribution in [1.29, 1.82) is 0 Å². The predicted octanol–water partition coefficient (Wildman–Crippen LogP) is 4.96. The summed E-state index contributed by atoms with van der Waals surface area (Å²) < 4.78 is 0. The average Bonchev–Trinajstić information content (AvgIpc) is 3.88. The van der Waals surface area contributed by atoms with Gasteiger partial charge in [-0.2, -0.15) is 0 Å². The molecule has 0 radical (unpaired) electrons. The second-order valence-corrected chi connectivity index (χ2v) is 17.6. The number of nitrogens with one attached hydrogen (secondary N) is 6. The van der Waals surface area contributed by atoms with Crippen molar-refractivity contribution in [2.24, 2.45) is 17.3 Å². The lowest BCUT2D eigenvalue weighted by Gasteiger charge is -2.37. The van der Waals surface area contributed by atoms with Crippen molar-refractivity contribution in [3.05, 3.63) is 35.5 Å². The molecule has 2 aromatic rings. The Labute approximate surface area is 331 Å². The van der Waals surface area contributed by atoms with Crippen LogP contribution in [0.2, 0.25) is 0 Å². The number of rotatable bonds is 17. The van der Waals surface area contributed by atoms with Crippen molar-refractivity contribution in [2.75, 3.05) is 0 Å². The van der Waals surface area contributed by atoms with Gasteiger partial charge in [-0.1, -0.05) is 66.2 Å². The van der Waals surface area contributed by atoms with E-state index in [9.17, 15) is 33.9 Å². The van der Waals surface area contributed by atoms with Gasteiger partial charge in [-0.25, -0.2) is 0 Å². The lowest BCUT2D eigenvalue weighted by molar-refractivity contribution is -0.134. The third kappa shape index (κ3) is 11.6. The van der Waals surface area contributed by atoms with Gasteiger partial charge in [0.15, 0.2) is 11.9 Å². The highest BCUT2D eigenvalue weighted by atomic mass is 16.3. The zero-order valence-electron chi connectivity index (χ0n) is 33.9. The maximum atomic E-state index is 14.2. The van der Waals surface area contributed by atoms with Crippen LogP contribution in [0.3, 0.4) is 0 Å². The SMILES string of the molecule is CCC[C@H](NC(=O)CC[C@@H]1CCCC[C@@H]1NC(=O)C(NC(=O)[C@@H](NC(=O)c1cc2cc(C(C)=O)ccc2[nH]1)C1CCCCC1)C(C)(C)C)C(O)C(=O)NC1CC1. The average molecular weight is 777 g/mol. The molecule has 1 heterocycles. The van der Waals surface area contributed by atoms with Crippen LogP contribution in [0.4, 0.5) is 0 Å². The summed E-state index contributed by atoms with van der Waals surface area (Å²) in [6, 6.07) is 4.40. The fourth-order valence-corrected chi connectivity index (χ4v) is 8.39. The molecule has 5 amide bonds. The van der Waals surface area contributed by atoms with Gasteiger partial charge in [-0.05, 0) is 99.8 Å². The van der Waals surface area contributed by atoms with E-state index in [0.29, 0.717) is 30.3 Å². The van der Waals surface area contributed by atoms with E-state index in [1.807, 2.05) is 27.7 Å². The van der Waals surface area contributed by atoms with Crippen LogP contribution in [-0.4, -0.2) is 81.7 Å². The number of aliphatic hydroxyl groups excluding tert-OH is 1. The molecular formula is C43H64N6O7. The van der Waals surface area contributed by atoms with Gasteiger partial charge >= 0.3 is 0 Å². The molecule has 1 aromatic heterocycles. The van der Waals surface area contributed by atoms with E-state index in [4.69, 9.17) is 0 Å². The Morgan fingerprint density at radius 3 is 2.18 bits per heavy atom. The minimum Gasteiger partial charge on any atom is -0.381 e. The number of aromatic nitrogens is 1. The number of amides is 5. The van der Waals surface area contributed by atoms with Crippen molar-refractivity contribution in [2.45, 2.75) is 167 Å². The topological polar surface area (TPSA) is 199 Å². The van der Waals surface area contributed by atoms with E-state index in [1.54, 1.807) is 24.3 Å². The molecule has 308 valence electrons. The first-order chi connectivity index (χ1) is 26.6. The first-order valence-electron chi connectivity index (χ1n) is 21.0. The molecule has 3 fully saturated rings. The van der Waals surface area contributed by atoms with Crippen LogP contribution in [0.5, 0.6) is 0 Å². The summed E-state index contributed by atoms with van der Waals surface area (Å²) in [6.45, 7) is 9.14. The monoisotopic (exact) mass is 776 g/mol. The molecule has 6 atom stereocenters. The van der Waals surface area contributed by atoms with Crippen LogP contribution < -0.4 is 26.6 Å². The van der Waals surface area contributed by atoms with Crippen molar-refractivity contribution in [3.8, 4) is 0 Å². The van der Waals surface area contributed by atoms with Crippen LogP contribution in [0, 0.1) is 17.3 Å². The van der Waals surface area contributed by atoms with E-state index >= 15 is 0 Å². The Bertz CT molecular complexity index is 1720. The molecule has 0 aliphatic heterocycles. The molecular weight excluding hydrogens is 713 g/mol. The minimum absolute atomic E-state index is 0.0413. The molecule has 2 unspecified atom stereocenters. The number of fused-ring (bicyclic) bond motifs is 1. The number of ketones is 1. The van der Waals surface area contributed by atoms with Crippen LogP contribution in [0.25, 0.3) is 10.9 Å². The zero-order chi connectivity index (χ0) is 40.6. The summed E-state index contributed by atoms with van der Waals surface area (Å²) >= 11 is 0. The molecule has 3 aliphatic rings. The zero-order valence-corrected chi connectivity index (χ0v) is 33.9. The second-order valence-electron chi connectivity index (χ2n) is 17.6. The molecule has 5 rings (SSSR count). The van der Waals surface area contributed by atoms with Gasteiger partial charge in [0.25, 0.3) is 11.8 Å². The maximum Gasteiger partial charge on any atom is 0.268 e. The van der Waals surface area contributed by atoms with Gasteiger partial charge in [0.1, 0.15) is 17.8 Å². The number of aliphatic hydroxyl groups is 1. The lowest BCUT2D eigenvalue weighted by Crippen LogP contribution is -2.61. The molecule has 0 saturated heterocycles. The summed E-state index contributed by atoms with van der Waals surface area (Å²) in [5, 5.41) is 26.4. The van der Waals surface area contributed by atoms with Gasteiger partial charge in [0.05, 0.1) is 6.04 Å². The van der Waals surface area contributed by atoms with Gasteiger partial charge < -0.3 is 36.7 Å². The summed E-state index contributed by atoms with van der Waals surface area (Å²) in [7, 11) is 0. The highest BCUT2D eigenvalue weighted by Crippen LogP contribution is 2.31. The molecule has 3 saturated carbocycles. The highest BCUT2D eigenvalue weighted by molar-refractivity contribution is 6.03. The Balaban J connectivity index is 1.23. The largest absolute Gasteiger partial charge is 0.381 e. The van der Waals surface area contributed by atoms with Gasteiger partial charge in [0.2, 0.25) is 17.7 Å². The third-order valence-electron chi connectivity index (χ3n) is 11.9. The van der Waals surface area contributed by atoms with Crippen molar-refractivity contribution in [1.82, 2.24) is 31.6 Å². The number of hydrogen-bond acceptors (Lipinski definition) is 7. The number of benzene rings is 1. The van der Waals surface area contributed by atoms with E-state index in [1.165, 1.54) is 6.92 Å². The second kappa shape index (κ2) is 19.3. The summed E-state index contributed by atoms with van der Waals surface area (Å²) in [6.07, 6.45) is 10.4. The third-order valence-corrected chi connectivity index (χ3v) is 11.9. The quantitative estimate of drug-likeness (QED) is 0.110. The van der Waals surface area contributed by atoms with E-state index in [-0.39, 0.29) is 53.6 Å². The summed E-state index contributed by atoms with van der Waals surface area (Å²) in [4.78, 5) is 82.8. The van der Waals surface area contributed by atoms with E-state index in [0.717, 1.165) is 76.0 Å². The Morgan fingerprint density at radius 2 is 1.52 bits per heavy atom. The molecule has 0 bridgehead atoms. The fourth-order valence-electron chi connectivity index (χ4n) is 8.39. The predicted molar refractivity (Wildman–Crippen MR) is 215 cm³/mol. The molecule has 13 heteroatoms. The molecule has 13 nitrogen and oxygen atoms in total. The highest BCUT2D eigenvalue weighted by Gasteiger charge is 2.40. The molecule has 0 spiro atoms. The van der Waals surface area contributed by atoms with Gasteiger partial charge in [-0.15, -0.1) is 0 Å². The Hall–Kier alpha value is -4.26. The number of aromatic amines is 1. The van der Waals surface area contributed by atoms with Crippen LogP contribution in [0.15, 0.2) is 24.3 Å². The Kier molecular flexibility index (Phi) is 14.7. The van der Waals surface area contributed by atoms with Crippen molar-refractivity contribution >= 4 is 46.2 Å². The van der Waals surface area contributed by atoms with Crippen molar-refractivity contribution in [3.63, 3.8) is 0 Å². The fraction of sp³-hybridized carbons (Fsp3) is 0.674. The lowest BCUT2D eigenvalue weighted by atomic mass is 9.80. The molecule has 56 heavy (non-hydrogen) atoms. The Morgan fingerprint density at radius 1 is 0.821 bits per heavy atom.